The summed E-state index contributed by atoms with van der Waals surface area (Å²) in [6.07, 6.45) is 0.825. The number of halogens is 4. The van der Waals surface area contributed by atoms with Crippen LogP contribution in [-0.4, -0.2) is 80.1 Å². The standard InChI is InChI=1S/C66H70ClF3N4O8/c1-42(40-80-58-28-34-71-57-22-11-13-43(2)60(57)58)35-46-36-45-24-25-49(38-56(45)64(46)29-31-65(32-30-64,62(77)79-3)74(61(76)66(68,69)70)48-17-12-16-47(67)37-48)82-50(27-33-72-59(75)26-23-44-14-5-4-6-15-44)39-73-63(78)81-41-55-53-20-9-7-18-51(53)52-19-8-10-21-54(52)55/h4-10,12,14-21,24-25,28,34,37-38,42-43,46,50,55H,11,13,22-23,26-27,29-33,35-36,39-41H2,1-3H3,(H,72,75)(H,73,78)/t42-,43-,46+,50?,64?,65?/m1/s1. The first-order chi connectivity index (χ1) is 39.6. The van der Waals surface area contributed by atoms with Gasteiger partial charge < -0.3 is 29.6 Å². The number of rotatable bonds is 20. The minimum Gasteiger partial charge on any atom is -0.493 e. The number of alkyl carbamates (subject to hydrolysis) is 1. The molecule has 1 heterocycles. The van der Waals surface area contributed by atoms with Gasteiger partial charge in [0.05, 0.1) is 20.3 Å². The highest BCUT2D eigenvalue weighted by molar-refractivity contribution is 6.31. The molecule has 0 aliphatic heterocycles. The van der Waals surface area contributed by atoms with Crippen molar-refractivity contribution in [3.05, 3.63) is 178 Å². The number of hydrogen-bond donors (Lipinski definition) is 2. The summed E-state index contributed by atoms with van der Waals surface area (Å²) in [4.78, 5) is 60.0. The number of esters is 1. The predicted molar refractivity (Wildman–Crippen MR) is 308 cm³/mol. The van der Waals surface area contributed by atoms with Crippen LogP contribution in [0.3, 0.4) is 0 Å². The van der Waals surface area contributed by atoms with Crippen molar-refractivity contribution in [3.8, 4) is 22.6 Å². The number of ether oxygens (including phenoxy) is 4. The molecule has 4 aliphatic carbocycles. The average Bonchev–Trinajstić information content (AvgIpc) is 2.90. The van der Waals surface area contributed by atoms with E-state index in [2.05, 4.69) is 53.7 Å². The highest BCUT2D eigenvalue weighted by atomic mass is 35.5. The zero-order chi connectivity index (χ0) is 57.6. The van der Waals surface area contributed by atoms with E-state index < -0.39 is 41.2 Å². The van der Waals surface area contributed by atoms with Crippen molar-refractivity contribution >= 4 is 41.2 Å². The molecular formula is C66H70ClF3N4O8. The van der Waals surface area contributed by atoms with Gasteiger partial charge in [-0.25, -0.2) is 9.59 Å². The average molecular weight is 1140 g/mol. The predicted octanol–water partition coefficient (Wildman–Crippen LogP) is 13.2. The number of aryl methyl sites for hydroxylation is 2. The Bertz CT molecular complexity index is 3230. The van der Waals surface area contributed by atoms with Crippen molar-refractivity contribution in [3.63, 3.8) is 0 Å². The van der Waals surface area contributed by atoms with Crippen molar-refractivity contribution in [2.24, 2.45) is 11.8 Å². The van der Waals surface area contributed by atoms with Gasteiger partial charge in [0, 0.05) is 53.5 Å². The summed E-state index contributed by atoms with van der Waals surface area (Å²) in [6, 6.07) is 39.3. The number of amides is 3. The first kappa shape index (κ1) is 57.8. The molecule has 82 heavy (non-hydrogen) atoms. The second-order valence-electron chi connectivity index (χ2n) is 22.7. The Labute approximate surface area is 482 Å². The number of hydrogen-bond acceptors (Lipinski definition) is 9. The first-order valence-corrected chi connectivity index (χ1v) is 29.0. The molecule has 0 radical (unpaired) electrons. The minimum absolute atomic E-state index is 0.0212. The molecule has 1 aromatic heterocycles. The van der Waals surface area contributed by atoms with E-state index in [9.17, 15) is 32.3 Å². The first-order valence-electron chi connectivity index (χ1n) is 28.6. The molecule has 430 valence electrons. The Morgan fingerprint density at radius 1 is 0.854 bits per heavy atom. The molecule has 2 N–H and O–H groups in total. The van der Waals surface area contributed by atoms with E-state index in [0.29, 0.717) is 48.9 Å². The number of nitrogens with one attached hydrogen (secondary N) is 2. The van der Waals surface area contributed by atoms with Gasteiger partial charge in [0.1, 0.15) is 29.7 Å². The topological polar surface area (TPSA) is 145 Å². The number of carbonyl (C=O) groups is 4. The summed E-state index contributed by atoms with van der Waals surface area (Å²) in [7, 11) is 1.12. The van der Waals surface area contributed by atoms with Crippen molar-refractivity contribution in [1.82, 2.24) is 15.6 Å². The third kappa shape index (κ3) is 12.4. The number of anilines is 1. The SMILES string of the molecule is COC(=O)C1(N(C(=O)C(F)(F)F)c2cccc(Cl)c2)CCC2(CC1)c1cc(OC(CCNC(=O)CCc3ccccc3)CNC(=O)OCC3c4ccccc4-c4ccccc43)ccc1C[C@@H]2C[C@@H](C)COc1ccnc2c1[C@H](C)CCC2. The summed E-state index contributed by atoms with van der Waals surface area (Å²) in [5, 5.41) is 6.06. The third-order valence-electron chi connectivity index (χ3n) is 17.5. The van der Waals surface area contributed by atoms with Gasteiger partial charge in [-0.15, -0.1) is 0 Å². The van der Waals surface area contributed by atoms with Crippen molar-refractivity contribution in [2.75, 3.05) is 38.3 Å². The molecule has 1 saturated carbocycles. The van der Waals surface area contributed by atoms with E-state index in [1.807, 2.05) is 78.9 Å². The number of benzene rings is 5. The number of pyridine rings is 1. The minimum atomic E-state index is -5.34. The second kappa shape index (κ2) is 25.0. The molecule has 1 unspecified atom stereocenters. The monoisotopic (exact) mass is 1140 g/mol. The maximum atomic E-state index is 14.8. The van der Waals surface area contributed by atoms with Gasteiger partial charge >= 0.3 is 24.1 Å². The van der Waals surface area contributed by atoms with Gasteiger partial charge in [0.15, 0.2) is 0 Å². The van der Waals surface area contributed by atoms with E-state index >= 15 is 0 Å². The summed E-state index contributed by atoms with van der Waals surface area (Å²) >= 11 is 6.36. The van der Waals surface area contributed by atoms with Gasteiger partial charge in [0.2, 0.25) is 5.91 Å². The Morgan fingerprint density at radius 3 is 2.28 bits per heavy atom. The zero-order valence-electron chi connectivity index (χ0n) is 46.6. The molecule has 4 atom stereocenters. The van der Waals surface area contributed by atoms with E-state index in [1.54, 1.807) is 6.20 Å². The molecule has 3 amide bonds. The second-order valence-corrected chi connectivity index (χ2v) is 23.1. The van der Waals surface area contributed by atoms with Crippen LogP contribution in [0.5, 0.6) is 11.5 Å². The maximum Gasteiger partial charge on any atom is 0.471 e. The molecule has 5 aromatic carbocycles. The molecule has 1 spiro atoms. The van der Waals surface area contributed by atoms with Crippen LogP contribution in [0.1, 0.15) is 123 Å². The summed E-state index contributed by atoms with van der Waals surface area (Å²) < 4.78 is 69.1. The highest BCUT2D eigenvalue weighted by Gasteiger charge is 2.60. The fourth-order valence-electron chi connectivity index (χ4n) is 13.5. The van der Waals surface area contributed by atoms with E-state index in [4.69, 9.17) is 30.5 Å². The molecule has 10 rings (SSSR count). The quantitative estimate of drug-likeness (QED) is 0.0714. The summed E-state index contributed by atoms with van der Waals surface area (Å²) in [6.45, 7) is 5.16. The normalized spacial score (nSPS) is 20.5. The number of nitrogens with zero attached hydrogens (tertiary/aromatic N) is 2. The Balaban J connectivity index is 0.919. The van der Waals surface area contributed by atoms with Crippen LogP contribution in [0, 0.1) is 11.8 Å². The van der Waals surface area contributed by atoms with Gasteiger partial charge in [-0.05, 0) is 163 Å². The van der Waals surface area contributed by atoms with E-state index in [0.717, 1.165) is 82.3 Å². The molecule has 12 nitrogen and oxygen atoms in total. The van der Waals surface area contributed by atoms with Crippen LogP contribution in [0.2, 0.25) is 5.02 Å². The van der Waals surface area contributed by atoms with Crippen LogP contribution in [0.25, 0.3) is 11.1 Å². The van der Waals surface area contributed by atoms with Crippen molar-refractivity contribution in [2.45, 2.75) is 126 Å². The Kier molecular flexibility index (Phi) is 17.6. The number of alkyl halides is 3. The lowest BCUT2D eigenvalue weighted by atomic mass is 9.59. The van der Waals surface area contributed by atoms with E-state index in [1.165, 1.54) is 24.3 Å². The lowest BCUT2D eigenvalue weighted by Crippen LogP contribution is -2.63. The number of fused-ring (bicyclic) bond motifs is 6. The lowest BCUT2D eigenvalue weighted by Gasteiger charge is -2.51. The fourth-order valence-corrected chi connectivity index (χ4v) is 13.7. The third-order valence-corrected chi connectivity index (χ3v) is 17.8. The van der Waals surface area contributed by atoms with Gasteiger partial charge in [-0.2, -0.15) is 13.2 Å². The molecule has 0 bridgehead atoms. The Morgan fingerprint density at radius 2 is 1.57 bits per heavy atom. The fraction of sp³-hybridized carbons (Fsp3) is 0.409. The smallest absolute Gasteiger partial charge is 0.471 e. The number of carbonyl (C=O) groups excluding carboxylic acids is 4. The van der Waals surface area contributed by atoms with Crippen LogP contribution in [-0.2, 0) is 48.5 Å². The molecular weight excluding hydrogens is 1070 g/mol. The molecule has 4 aliphatic rings. The van der Waals surface area contributed by atoms with Gasteiger partial charge in [-0.3, -0.25) is 19.5 Å². The molecule has 16 heteroatoms. The lowest BCUT2D eigenvalue weighted by molar-refractivity contribution is -0.174. The van der Waals surface area contributed by atoms with Crippen molar-refractivity contribution in [1.29, 1.82) is 0 Å². The van der Waals surface area contributed by atoms with Gasteiger partial charge in [-0.1, -0.05) is 116 Å². The van der Waals surface area contributed by atoms with Crippen LogP contribution in [0.15, 0.2) is 134 Å². The summed E-state index contributed by atoms with van der Waals surface area (Å²) in [5.74, 6) is -1.83. The molecule has 0 saturated heterocycles. The van der Waals surface area contributed by atoms with Gasteiger partial charge in [0.25, 0.3) is 0 Å². The zero-order valence-corrected chi connectivity index (χ0v) is 47.3. The maximum absolute atomic E-state index is 14.8. The van der Waals surface area contributed by atoms with Crippen LogP contribution >= 0.6 is 11.6 Å². The summed E-state index contributed by atoms with van der Waals surface area (Å²) in [5.41, 5.74) is 6.72. The van der Waals surface area contributed by atoms with Crippen LogP contribution < -0.4 is 25.0 Å². The van der Waals surface area contributed by atoms with E-state index in [-0.39, 0.29) is 86.2 Å². The molecule has 6 aromatic rings. The largest absolute Gasteiger partial charge is 0.493 e. The Hall–Kier alpha value is -7.39. The number of methoxy groups -OCH3 is 1. The van der Waals surface area contributed by atoms with Crippen LogP contribution in [0.4, 0.5) is 23.7 Å². The number of aromatic nitrogens is 1. The highest BCUT2D eigenvalue weighted by Crippen LogP contribution is 2.58. The molecule has 1 fully saturated rings. The van der Waals surface area contributed by atoms with Crippen molar-refractivity contribution < 1.29 is 51.3 Å².